The van der Waals surface area contributed by atoms with Gasteiger partial charge < -0.3 is 14.9 Å². The highest BCUT2D eigenvalue weighted by atomic mass is 16.5. The lowest BCUT2D eigenvalue weighted by molar-refractivity contribution is -0.139. The molecule has 0 fully saturated rings. The fraction of sp³-hybridized carbons (Fsp3) is 0.457. The molecule has 0 aliphatic carbocycles. The monoisotopic (exact) mass is 530 g/mol. The number of carbonyl (C=O) groups excluding carboxylic acids is 1. The summed E-state index contributed by atoms with van der Waals surface area (Å²) in [6.07, 6.45) is 3.36. The Hall–Kier alpha value is -3.11. The second kappa shape index (κ2) is 12.4. The maximum absolute atomic E-state index is 11.8. The molecule has 0 aromatic heterocycles. The predicted octanol–water partition coefficient (Wildman–Crippen LogP) is 7.84. The van der Waals surface area contributed by atoms with Crippen molar-refractivity contribution in [2.24, 2.45) is 5.41 Å². The lowest BCUT2D eigenvalue weighted by atomic mass is 9.69. The number of hydrogen-bond acceptors (Lipinski definition) is 4. The first-order valence-corrected chi connectivity index (χ1v) is 14.1. The summed E-state index contributed by atoms with van der Waals surface area (Å²) < 4.78 is 4.80. The van der Waals surface area contributed by atoms with Crippen molar-refractivity contribution < 1.29 is 19.7 Å². The molecule has 0 unspecified atom stereocenters. The predicted molar refractivity (Wildman–Crippen MR) is 160 cm³/mol. The molecule has 0 heterocycles. The van der Waals surface area contributed by atoms with E-state index in [4.69, 9.17) is 4.74 Å². The maximum Gasteiger partial charge on any atom is 0.309 e. The first kappa shape index (κ1) is 30.4. The molecule has 0 bridgehead atoms. The van der Waals surface area contributed by atoms with E-state index < -0.39 is 0 Å². The standard InChI is InChI=1S/C35H46O4/c1-9-35(10-2,28-13-11-26(23(3)17-28)12-16-32(37)34(5,6)7)29-14-15-31(24(4)18-29)27-19-25(20-30(36)22-27)21-33(38)39-8/h11,13-15,17-20,22,32,36-37H,9-10,12,16,21H2,1-8H3/t32-/m0/s1. The minimum absolute atomic E-state index is 0.112. The molecular weight excluding hydrogens is 484 g/mol. The molecule has 0 aliphatic heterocycles. The van der Waals surface area contributed by atoms with Gasteiger partial charge in [-0.1, -0.05) is 77.1 Å². The molecule has 0 saturated carbocycles. The Kier molecular flexibility index (Phi) is 9.66. The van der Waals surface area contributed by atoms with E-state index in [9.17, 15) is 15.0 Å². The second-order valence-electron chi connectivity index (χ2n) is 12.0. The number of carbonyl (C=O) groups is 1. The smallest absolute Gasteiger partial charge is 0.309 e. The number of benzene rings is 3. The Morgan fingerprint density at radius 1 is 0.897 bits per heavy atom. The van der Waals surface area contributed by atoms with Crippen LogP contribution in [-0.4, -0.2) is 29.4 Å². The van der Waals surface area contributed by atoms with E-state index in [0.717, 1.165) is 47.9 Å². The van der Waals surface area contributed by atoms with Crippen molar-refractivity contribution in [3.8, 4) is 16.9 Å². The summed E-state index contributed by atoms with van der Waals surface area (Å²) in [4.78, 5) is 11.8. The van der Waals surface area contributed by atoms with Crippen LogP contribution in [0.3, 0.4) is 0 Å². The number of aryl methyl sites for hydroxylation is 3. The SMILES string of the molecule is CCC(CC)(c1ccc(CC[C@H](O)C(C)(C)C)c(C)c1)c1ccc(-c2cc(O)cc(CC(=O)OC)c2)c(C)c1. The van der Waals surface area contributed by atoms with Gasteiger partial charge in [-0.05, 0) is 102 Å². The molecule has 0 amide bonds. The summed E-state index contributed by atoms with van der Waals surface area (Å²) in [5.41, 5.74) is 8.69. The summed E-state index contributed by atoms with van der Waals surface area (Å²) >= 11 is 0. The molecule has 4 nitrogen and oxygen atoms in total. The normalized spacial score (nSPS) is 12.8. The van der Waals surface area contributed by atoms with E-state index in [2.05, 4.69) is 84.9 Å². The number of aromatic hydroxyl groups is 1. The molecule has 2 N–H and O–H groups in total. The Labute approximate surface area is 235 Å². The second-order valence-corrected chi connectivity index (χ2v) is 12.0. The molecule has 3 rings (SSSR count). The van der Waals surface area contributed by atoms with Gasteiger partial charge in [-0.15, -0.1) is 0 Å². The molecule has 0 aliphatic rings. The van der Waals surface area contributed by atoms with Gasteiger partial charge in [-0.3, -0.25) is 4.79 Å². The van der Waals surface area contributed by atoms with E-state index in [1.165, 1.54) is 29.4 Å². The van der Waals surface area contributed by atoms with E-state index in [0.29, 0.717) is 0 Å². The molecule has 3 aromatic carbocycles. The molecule has 3 aromatic rings. The average Bonchev–Trinajstić information content (AvgIpc) is 2.88. The third-order valence-electron chi connectivity index (χ3n) is 8.43. The highest BCUT2D eigenvalue weighted by Gasteiger charge is 2.31. The number of ether oxygens (including phenoxy) is 1. The number of esters is 1. The molecule has 39 heavy (non-hydrogen) atoms. The highest BCUT2D eigenvalue weighted by molar-refractivity contribution is 5.75. The molecule has 4 heteroatoms. The third kappa shape index (κ3) is 6.91. The van der Waals surface area contributed by atoms with Gasteiger partial charge in [0.2, 0.25) is 0 Å². The van der Waals surface area contributed by atoms with Gasteiger partial charge in [-0.2, -0.15) is 0 Å². The number of aliphatic hydroxyl groups is 1. The number of phenols is 1. The van der Waals surface area contributed by atoms with Gasteiger partial charge in [-0.25, -0.2) is 0 Å². The van der Waals surface area contributed by atoms with Gasteiger partial charge >= 0.3 is 5.97 Å². The molecule has 0 saturated heterocycles. The van der Waals surface area contributed by atoms with Crippen molar-refractivity contribution in [3.63, 3.8) is 0 Å². The average molecular weight is 531 g/mol. The van der Waals surface area contributed by atoms with E-state index in [-0.39, 0.29) is 35.1 Å². The summed E-state index contributed by atoms with van der Waals surface area (Å²) in [6.45, 7) is 15.0. The fourth-order valence-electron chi connectivity index (χ4n) is 5.69. The minimum Gasteiger partial charge on any atom is -0.508 e. The van der Waals surface area contributed by atoms with Crippen molar-refractivity contribution >= 4 is 5.97 Å². The zero-order valence-corrected chi connectivity index (χ0v) is 25.0. The van der Waals surface area contributed by atoms with Crippen LogP contribution in [0.4, 0.5) is 0 Å². The Morgan fingerprint density at radius 2 is 1.51 bits per heavy atom. The van der Waals surface area contributed by atoms with E-state index >= 15 is 0 Å². The maximum atomic E-state index is 11.8. The number of aliphatic hydroxyl groups excluding tert-OH is 1. The summed E-state index contributed by atoms with van der Waals surface area (Å²) in [7, 11) is 1.37. The van der Waals surface area contributed by atoms with Crippen LogP contribution in [0.1, 0.15) is 87.3 Å². The number of phenolic OH excluding ortho intramolecular Hbond substituents is 1. The Bertz CT molecular complexity index is 1290. The number of methoxy groups -OCH3 is 1. The first-order valence-electron chi connectivity index (χ1n) is 14.1. The van der Waals surface area contributed by atoms with Crippen LogP contribution in [0, 0.1) is 19.3 Å². The van der Waals surface area contributed by atoms with Crippen LogP contribution in [0.5, 0.6) is 5.75 Å². The van der Waals surface area contributed by atoms with Crippen LogP contribution in [-0.2, 0) is 27.8 Å². The van der Waals surface area contributed by atoms with E-state index in [1.807, 2.05) is 6.07 Å². The lowest BCUT2D eigenvalue weighted by Crippen LogP contribution is -2.27. The molecule has 0 spiro atoms. The largest absolute Gasteiger partial charge is 0.508 e. The highest BCUT2D eigenvalue weighted by Crippen LogP contribution is 2.41. The van der Waals surface area contributed by atoms with Crippen LogP contribution in [0.25, 0.3) is 11.1 Å². The minimum atomic E-state index is -0.332. The van der Waals surface area contributed by atoms with Gasteiger partial charge in [0.15, 0.2) is 0 Å². The molecule has 210 valence electrons. The summed E-state index contributed by atoms with van der Waals surface area (Å²) in [5.74, 6) is -0.196. The van der Waals surface area contributed by atoms with Gasteiger partial charge in [0, 0.05) is 5.41 Å². The van der Waals surface area contributed by atoms with Crippen LogP contribution in [0.2, 0.25) is 0 Å². The molecular formula is C35H46O4. The molecule has 1 atom stereocenters. The van der Waals surface area contributed by atoms with Crippen molar-refractivity contribution in [1.29, 1.82) is 0 Å². The van der Waals surface area contributed by atoms with Crippen LogP contribution in [0.15, 0.2) is 54.6 Å². The third-order valence-corrected chi connectivity index (χ3v) is 8.43. The zero-order valence-electron chi connectivity index (χ0n) is 25.0. The van der Waals surface area contributed by atoms with Gasteiger partial charge in [0.25, 0.3) is 0 Å². The van der Waals surface area contributed by atoms with Crippen molar-refractivity contribution in [2.45, 2.75) is 92.1 Å². The Morgan fingerprint density at radius 3 is 2.05 bits per heavy atom. The molecule has 0 radical (unpaired) electrons. The van der Waals surface area contributed by atoms with Gasteiger partial charge in [0.1, 0.15) is 5.75 Å². The Balaban J connectivity index is 1.95. The fourth-order valence-corrected chi connectivity index (χ4v) is 5.69. The lowest BCUT2D eigenvalue weighted by Gasteiger charge is -2.34. The van der Waals surface area contributed by atoms with E-state index in [1.54, 1.807) is 12.1 Å². The summed E-state index contributed by atoms with van der Waals surface area (Å²) in [5, 5.41) is 20.9. The van der Waals surface area contributed by atoms with Crippen LogP contribution < -0.4 is 0 Å². The summed E-state index contributed by atoms with van der Waals surface area (Å²) in [6, 6.07) is 18.8. The topological polar surface area (TPSA) is 66.8 Å². The zero-order chi connectivity index (χ0) is 29.0. The van der Waals surface area contributed by atoms with Gasteiger partial charge in [0.05, 0.1) is 19.6 Å². The van der Waals surface area contributed by atoms with Crippen LogP contribution >= 0.6 is 0 Å². The van der Waals surface area contributed by atoms with Crippen molar-refractivity contribution in [3.05, 3.63) is 88.0 Å². The van der Waals surface area contributed by atoms with Crippen molar-refractivity contribution in [1.82, 2.24) is 0 Å². The quantitative estimate of drug-likeness (QED) is 0.262. The first-order chi connectivity index (χ1) is 18.3. The number of rotatable bonds is 10. The number of hydrogen-bond donors (Lipinski definition) is 2. The van der Waals surface area contributed by atoms with Crippen molar-refractivity contribution in [2.75, 3.05) is 7.11 Å².